The summed E-state index contributed by atoms with van der Waals surface area (Å²) in [5.41, 5.74) is 7.45. The van der Waals surface area contributed by atoms with E-state index >= 15 is 0 Å². The molecule has 0 aliphatic carbocycles. The zero-order valence-corrected chi connectivity index (χ0v) is 24.0. The summed E-state index contributed by atoms with van der Waals surface area (Å²) in [6.45, 7) is 0. The van der Waals surface area contributed by atoms with Gasteiger partial charge in [-0.25, -0.2) is 0 Å². The van der Waals surface area contributed by atoms with Crippen molar-refractivity contribution in [3.8, 4) is 11.1 Å². The smallest absolute Gasteiger partial charge is 0.137 e. The second kappa shape index (κ2) is 9.59. The molecule has 43 heavy (non-hydrogen) atoms. The molecule has 0 spiro atoms. The minimum Gasteiger partial charge on any atom is -0.456 e. The fourth-order valence-electron chi connectivity index (χ4n) is 6.50. The lowest BCUT2D eigenvalue weighted by atomic mass is 10.0. The number of anilines is 3. The Morgan fingerprint density at radius 1 is 0.419 bits per heavy atom. The molecule has 7 aromatic carbocycles. The summed E-state index contributed by atoms with van der Waals surface area (Å²) >= 11 is 1.86. The number of rotatable bonds is 4. The summed E-state index contributed by atoms with van der Waals surface area (Å²) in [7, 11) is 0. The van der Waals surface area contributed by atoms with E-state index in [9.17, 15) is 0 Å². The Bertz CT molecular complexity index is 2470. The van der Waals surface area contributed by atoms with Gasteiger partial charge in [0.1, 0.15) is 11.2 Å². The molecule has 9 rings (SSSR count). The topological polar surface area (TPSA) is 16.4 Å². The van der Waals surface area contributed by atoms with Crippen molar-refractivity contribution < 1.29 is 4.42 Å². The summed E-state index contributed by atoms with van der Waals surface area (Å²) in [4.78, 5) is 2.38. The Morgan fingerprint density at radius 3 is 2.05 bits per heavy atom. The maximum atomic E-state index is 6.37. The van der Waals surface area contributed by atoms with Crippen LogP contribution >= 0.6 is 11.3 Å². The highest BCUT2D eigenvalue weighted by Gasteiger charge is 2.19. The molecule has 0 bridgehead atoms. The van der Waals surface area contributed by atoms with E-state index in [1.165, 1.54) is 42.1 Å². The summed E-state index contributed by atoms with van der Waals surface area (Å²) in [5.74, 6) is 0. The van der Waals surface area contributed by atoms with Crippen LogP contribution in [0.15, 0.2) is 156 Å². The first-order chi connectivity index (χ1) is 21.3. The van der Waals surface area contributed by atoms with Gasteiger partial charge in [-0.05, 0) is 65.0 Å². The molecule has 0 amide bonds. The van der Waals surface area contributed by atoms with Crippen LogP contribution in [-0.2, 0) is 0 Å². The van der Waals surface area contributed by atoms with Gasteiger partial charge in [-0.3, -0.25) is 0 Å². The van der Waals surface area contributed by atoms with E-state index in [4.69, 9.17) is 4.42 Å². The molecule has 3 heteroatoms. The summed E-state index contributed by atoms with van der Waals surface area (Å²) in [6.07, 6.45) is 0. The maximum absolute atomic E-state index is 6.37. The second-order valence-corrected chi connectivity index (χ2v) is 12.0. The maximum Gasteiger partial charge on any atom is 0.137 e. The van der Waals surface area contributed by atoms with Crippen molar-refractivity contribution in [1.29, 1.82) is 0 Å². The van der Waals surface area contributed by atoms with Gasteiger partial charge in [-0.1, -0.05) is 97.1 Å². The highest BCUT2D eigenvalue weighted by molar-refractivity contribution is 7.26. The van der Waals surface area contributed by atoms with Crippen molar-refractivity contribution in [3.05, 3.63) is 152 Å². The molecule has 202 valence electrons. The predicted molar refractivity (Wildman–Crippen MR) is 184 cm³/mol. The van der Waals surface area contributed by atoms with Crippen LogP contribution in [0.1, 0.15) is 0 Å². The highest BCUT2D eigenvalue weighted by atomic mass is 32.1. The van der Waals surface area contributed by atoms with Crippen molar-refractivity contribution in [3.63, 3.8) is 0 Å². The number of thiophene rings is 1. The first-order valence-electron chi connectivity index (χ1n) is 14.5. The number of para-hydroxylation sites is 1. The molecular formula is C40H25NOS. The number of hydrogen-bond acceptors (Lipinski definition) is 3. The van der Waals surface area contributed by atoms with E-state index in [1.807, 2.05) is 23.5 Å². The second-order valence-electron chi connectivity index (χ2n) is 10.9. The Morgan fingerprint density at radius 2 is 1.12 bits per heavy atom. The molecule has 0 aliphatic heterocycles. The lowest BCUT2D eigenvalue weighted by Gasteiger charge is -2.27. The van der Waals surface area contributed by atoms with Gasteiger partial charge in [0, 0.05) is 53.8 Å². The molecule has 2 nitrogen and oxygen atoms in total. The number of furan rings is 1. The van der Waals surface area contributed by atoms with Gasteiger partial charge in [0.05, 0.1) is 5.69 Å². The van der Waals surface area contributed by atoms with Crippen molar-refractivity contribution in [2.24, 2.45) is 0 Å². The molecule has 9 aromatic rings. The largest absolute Gasteiger partial charge is 0.456 e. The molecule has 0 N–H and O–H groups in total. The van der Waals surface area contributed by atoms with Gasteiger partial charge in [-0.15, -0.1) is 11.3 Å². The quantitative estimate of drug-likeness (QED) is 0.210. The standard InChI is InChI=1S/C40H25NOS/c1-2-10-26(11-3-1)27-12-8-13-28(24-27)41(29-20-21-32-31-14-4-6-18-36(31)42-37(32)25-29)35-17-9-16-33-30(35)22-23-39-40(33)34-15-5-7-19-38(34)43-39/h1-25H. The summed E-state index contributed by atoms with van der Waals surface area (Å²) in [6, 6.07) is 54.3. The number of benzene rings is 7. The molecule has 0 atom stereocenters. The molecule has 2 aromatic heterocycles. The van der Waals surface area contributed by atoms with Gasteiger partial charge in [-0.2, -0.15) is 0 Å². The highest BCUT2D eigenvalue weighted by Crippen LogP contribution is 2.45. The van der Waals surface area contributed by atoms with Crippen molar-refractivity contribution >= 4 is 81.3 Å². The van der Waals surface area contributed by atoms with Crippen LogP contribution in [0.2, 0.25) is 0 Å². The zero-order valence-electron chi connectivity index (χ0n) is 23.2. The molecule has 0 unspecified atom stereocenters. The van der Waals surface area contributed by atoms with Crippen molar-refractivity contribution in [2.45, 2.75) is 0 Å². The van der Waals surface area contributed by atoms with Crippen LogP contribution in [0.4, 0.5) is 17.1 Å². The number of fused-ring (bicyclic) bond motifs is 8. The SMILES string of the molecule is c1ccc(-c2cccc(N(c3ccc4c(c3)oc3ccccc34)c3cccc4c3ccc3sc5ccccc5c34)c2)cc1. The van der Waals surface area contributed by atoms with Gasteiger partial charge in [0.2, 0.25) is 0 Å². The minimum atomic E-state index is 0.884. The fraction of sp³-hybridized carbons (Fsp3) is 0. The van der Waals surface area contributed by atoms with Crippen LogP contribution in [0, 0.1) is 0 Å². The normalized spacial score (nSPS) is 11.7. The third kappa shape index (κ3) is 3.86. The molecule has 0 fully saturated rings. The van der Waals surface area contributed by atoms with Crippen LogP contribution < -0.4 is 4.90 Å². The molecule has 0 aliphatic rings. The van der Waals surface area contributed by atoms with E-state index in [1.54, 1.807) is 0 Å². The minimum absolute atomic E-state index is 0.884. The van der Waals surface area contributed by atoms with Crippen molar-refractivity contribution in [2.75, 3.05) is 4.90 Å². The van der Waals surface area contributed by atoms with E-state index in [0.29, 0.717) is 0 Å². The van der Waals surface area contributed by atoms with Crippen LogP contribution in [0.5, 0.6) is 0 Å². The monoisotopic (exact) mass is 567 g/mol. The Kier molecular flexibility index (Phi) is 5.40. The van der Waals surface area contributed by atoms with E-state index in [2.05, 4.69) is 144 Å². The van der Waals surface area contributed by atoms with Crippen molar-refractivity contribution in [1.82, 2.24) is 0 Å². The first kappa shape index (κ1) is 24.2. The fourth-order valence-corrected chi connectivity index (χ4v) is 7.62. The predicted octanol–water partition coefficient (Wildman–Crippen LogP) is 12.2. The lowest BCUT2D eigenvalue weighted by molar-refractivity contribution is 0.669. The molecule has 0 saturated heterocycles. The van der Waals surface area contributed by atoms with Gasteiger partial charge < -0.3 is 9.32 Å². The molecule has 2 heterocycles. The Balaban J connectivity index is 1.32. The third-order valence-electron chi connectivity index (χ3n) is 8.45. The molecule has 0 saturated carbocycles. The van der Waals surface area contributed by atoms with Crippen LogP contribution in [0.25, 0.3) is 64.0 Å². The third-order valence-corrected chi connectivity index (χ3v) is 9.59. The first-order valence-corrected chi connectivity index (χ1v) is 15.3. The summed E-state index contributed by atoms with van der Waals surface area (Å²) in [5, 5.41) is 7.38. The number of hydrogen-bond donors (Lipinski definition) is 0. The number of nitrogens with zero attached hydrogens (tertiary/aromatic N) is 1. The lowest BCUT2D eigenvalue weighted by Crippen LogP contribution is -2.10. The Hall–Kier alpha value is -5.38. The van der Waals surface area contributed by atoms with E-state index in [0.717, 1.165) is 39.0 Å². The van der Waals surface area contributed by atoms with Crippen LogP contribution in [-0.4, -0.2) is 0 Å². The average molecular weight is 568 g/mol. The van der Waals surface area contributed by atoms with E-state index < -0.39 is 0 Å². The Labute approximate surface area is 252 Å². The molecular weight excluding hydrogens is 543 g/mol. The summed E-state index contributed by atoms with van der Waals surface area (Å²) < 4.78 is 9.00. The van der Waals surface area contributed by atoms with E-state index in [-0.39, 0.29) is 0 Å². The van der Waals surface area contributed by atoms with Gasteiger partial charge in [0.25, 0.3) is 0 Å². The molecule has 0 radical (unpaired) electrons. The zero-order chi connectivity index (χ0) is 28.3. The average Bonchev–Trinajstić information content (AvgIpc) is 3.64. The van der Waals surface area contributed by atoms with Crippen LogP contribution in [0.3, 0.4) is 0 Å². The van der Waals surface area contributed by atoms with Gasteiger partial charge in [0.15, 0.2) is 0 Å². The van der Waals surface area contributed by atoms with Gasteiger partial charge >= 0.3 is 0 Å².